The lowest BCUT2D eigenvalue weighted by Gasteiger charge is -2.03. The van der Waals surface area contributed by atoms with E-state index in [9.17, 15) is 4.79 Å². The Labute approximate surface area is 78.5 Å². The van der Waals surface area contributed by atoms with E-state index >= 15 is 0 Å². The van der Waals surface area contributed by atoms with Gasteiger partial charge in [-0.25, -0.2) is 4.98 Å². The van der Waals surface area contributed by atoms with Gasteiger partial charge >= 0.3 is 0 Å². The number of alkyl halides is 1. The zero-order valence-electron chi connectivity index (χ0n) is 6.49. The van der Waals surface area contributed by atoms with E-state index in [-0.39, 0.29) is 10.7 Å². The van der Waals surface area contributed by atoms with Gasteiger partial charge in [0, 0.05) is 12.4 Å². The maximum Gasteiger partial charge on any atom is 0.239 e. The van der Waals surface area contributed by atoms with E-state index in [0.717, 1.165) is 0 Å². The fourth-order valence-corrected chi connectivity index (χ4v) is 0.704. The van der Waals surface area contributed by atoms with Crippen LogP contribution in [0.15, 0.2) is 18.6 Å². The number of aromatic nitrogens is 2. The van der Waals surface area contributed by atoms with Gasteiger partial charge in [-0.3, -0.25) is 9.78 Å². The van der Waals surface area contributed by atoms with Crippen molar-refractivity contribution in [1.29, 1.82) is 0 Å². The summed E-state index contributed by atoms with van der Waals surface area (Å²) < 4.78 is 0. The molecule has 4 nitrogen and oxygen atoms in total. The van der Waals surface area contributed by atoms with Crippen LogP contribution in [0.3, 0.4) is 0 Å². The molecule has 0 aliphatic heterocycles. The fourth-order valence-electron chi connectivity index (χ4n) is 0.589. The summed E-state index contributed by atoms with van der Waals surface area (Å²) in [5.74, 6) is 0.337. The smallest absolute Gasteiger partial charge is 0.239 e. The molecule has 1 atom stereocenters. The van der Waals surface area contributed by atoms with Crippen molar-refractivity contribution in [2.45, 2.75) is 11.8 Å². The van der Waals surface area contributed by atoms with Gasteiger partial charge in [0.25, 0.3) is 0 Å². The minimum absolute atomic E-state index is 0.129. The molecule has 0 spiro atoms. The van der Waals surface area contributed by atoms with Crippen molar-refractivity contribution in [2.75, 3.05) is 5.32 Å². The molecule has 0 radical (unpaired) electrons. The second kappa shape index (κ2) is 4.15. The highest BCUT2D eigenvalue weighted by atomic mass is 79.9. The summed E-state index contributed by atoms with van der Waals surface area (Å²) in [5.41, 5.74) is 0. The predicted molar refractivity (Wildman–Crippen MR) is 49.1 cm³/mol. The SMILES string of the molecule is CC(Br)C(=O)Nc1cnccn1. The maximum atomic E-state index is 11.1. The Hall–Kier alpha value is -0.970. The number of amides is 1. The van der Waals surface area contributed by atoms with Crippen LogP contribution >= 0.6 is 15.9 Å². The number of hydrogen-bond acceptors (Lipinski definition) is 3. The highest BCUT2D eigenvalue weighted by molar-refractivity contribution is 9.10. The molecule has 5 heteroatoms. The van der Waals surface area contributed by atoms with Crippen LogP contribution in [-0.2, 0) is 4.79 Å². The lowest BCUT2D eigenvalue weighted by atomic mass is 10.4. The Morgan fingerprint density at radius 1 is 1.67 bits per heavy atom. The topological polar surface area (TPSA) is 54.9 Å². The first kappa shape index (κ1) is 9.12. The van der Waals surface area contributed by atoms with E-state index in [0.29, 0.717) is 5.82 Å². The summed E-state index contributed by atoms with van der Waals surface area (Å²) in [5, 5.41) is 2.58. The summed E-state index contributed by atoms with van der Waals surface area (Å²) >= 11 is 3.14. The molecule has 64 valence electrons. The molecule has 1 N–H and O–H groups in total. The van der Waals surface area contributed by atoms with Crippen molar-refractivity contribution in [3.05, 3.63) is 18.6 Å². The summed E-state index contributed by atoms with van der Waals surface area (Å²) in [6.45, 7) is 1.74. The molecule has 1 unspecified atom stereocenters. The molecule has 1 aromatic heterocycles. The molecule has 0 saturated carbocycles. The first-order valence-electron chi connectivity index (χ1n) is 3.41. The lowest BCUT2D eigenvalue weighted by Crippen LogP contribution is -2.20. The number of hydrogen-bond donors (Lipinski definition) is 1. The number of anilines is 1. The molecule has 0 bridgehead atoms. The molecule has 1 amide bonds. The Kier molecular flexibility index (Phi) is 3.16. The van der Waals surface area contributed by atoms with Gasteiger partial charge in [-0.2, -0.15) is 0 Å². The fraction of sp³-hybridized carbons (Fsp3) is 0.286. The molecule has 0 aliphatic carbocycles. The summed E-state index contributed by atoms with van der Waals surface area (Å²) in [7, 11) is 0. The van der Waals surface area contributed by atoms with Crippen LogP contribution in [0.2, 0.25) is 0 Å². The van der Waals surface area contributed by atoms with Gasteiger partial charge in [0.15, 0.2) is 5.82 Å². The van der Waals surface area contributed by atoms with Crippen LogP contribution in [0.1, 0.15) is 6.92 Å². The van der Waals surface area contributed by atoms with Crippen LogP contribution < -0.4 is 5.32 Å². The zero-order valence-corrected chi connectivity index (χ0v) is 8.08. The summed E-state index contributed by atoms with van der Waals surface area (Å²) in [6, 6.07) is 0. The third-order valence-electron chi connectivity index (χ3n) is 1.18. The summed E-state index contributed by atoms with van der Waals surface area (Å²) in [6.07, 6.45) is 4.56. The van der Waals surface area contributed by atoms with Crippen molar-refractivity contribution < 1.29 is 4.79 Å². The van der Waals surface area contributed by atoms with E-state index in [2.05, 4.69) is 31.2 Å². The Morgan fingerprint density at radius 3 is 2.92 bits per heavy atom. The maximum absolute atomic E-state index is 11.1. The van der Waals surface area contributed by atoms with Crippen LogP contribution in [0, 0.1) is 0 Å². The number of rotatable bonds is 2. The Balaban J connectivity index is 2.59. The highest BCUT2D eigenvalue weighted by Gasteiger charge is 2.08. The van der Waals surface area contributed by atoms with Crippen molar-refractivity contribution >= 4 is 27.7 Å². The van der Waals surface area contributed by atoms with E-state index < -0.39 is 0 Å². The van der Waals surface area contributed by atoms with Crippen LogP contribution in [0.4, 0.5) is 5.82 Å². The molecular weight excluding hydrogens is 222 g/mol. The number of carbonyl (C=O) groups is 1. The largest absolute Gasteiger partial charge is 0.308 e. The lowest BCUT2D eigenvalue weighted by molar-refractivity contribution is -0.115. The average molecular weight is 230 g/mol. The van der Waals surface area contributed by atoms with Crippen molar-refractivity contribution in [3.63, 3.8) is 0 Å². The Morgan fingerprint density at radius 2 is 2.42 bits per heavy atom. The third-order valence-corrected chi connectivity index (χ3v) is 1.59. The molecule has 1 heterocycles. The molecule has 12 heavy (non-hydrogen) atoms. The molecule has 0 aromatic carbocycles. The quantitative estimate of drug-likeness (QED) is 0.776. The summed E-state index contributed by atoms with van der Waals surface area (Å²) in [4.78, 5) is 18.6. The number of nitrogens with one attached hydrogen (secondary N) is 1. The third kappa shape index (κ3) is 2.58. The first-order chi connectivity index (χ1) is 5.70. The van der Waals surface area contributed by atoms with Crippen molar-refractivity contribution in [1.82, 2.24) is 9.97 Å². The van der Waals surface area contributed by atoms with E-state index in [1.807, 2.05) is 0 Å². The standard InChI is InChI=1S/C7H8BrN3O/c1-5(8)7(12)11-6-4-9-2-3-10-6/h2-5H,1H3,(H,10,11,12). The zero-order chi connectivity index (χ0) is 8.97. The van der Waals surface area contributed by atoms with Crippen molar-refractivity contribution in [2.24, 2.45) is 0 Å². The van der Waals surface area contributed by atoms with Gasteiger partial charge in [-0.05, 0) is 6.92 Å². The molecule has 1 rings (SSSR count). The molecule has 0 fully saturated rings. The number of halogens is 1. The van der Waals surface area contributed by atoms with Gasteiger partial charge in [-0.15, -0.1) is 0 Å². The van der Waals surface area contributed by atoms with Gasteiger partial charge in [0.1, 0.15) is 0 Å². The first-order valence-corrected chi connectivity index (χ1v) is 4.32. The van der Waals surface area contributed by atoms with Gasteiger partial charge < -0.3 is 5.32 Å². The average Bonchev–Trinajstić information content (AvgIpc) is 2.06. The van der Waals surface area contributed by atoms with Gasteiger partial charge in [0.05, 0.1) is 11.0 Å². The minimum atomic E-state index is -0.223. The van der Waals surface area contributed by atoms with Crippen LogP contribution in [-0.4, -0.2) is 20.7 Å². The van der Waals surface area contributed by atoms with Gasteiger partial charge in [-0.1, -0.05) is 15.9 Å². The van der Waals surface area contributed by atoms with Gasteiger partial charge in [0.2, 0.25) is 5.91 Å². The molecule has 1 aromatic rings. The molecule has 0 saturated heterocycles. The van der Waals surface area contributed by atoms with Crippen molar-refractivity contribution in [3.8, 4) is 0 Å². The molecular formula is C7H8BrN3O. The normalized spacial score (nSPS) is 12.2. The second-order valence-corrected chi connectivity index (χ2v) is 3.57. The highest BCUT2D eigenvalue weighted by Crippen LogP contribution is 2.03. The van der Waals surface area contributed by atoms with E-state index in [1.54, 1.807) is 13.1 Å². The van der Waals surface area contributed by atoms with E-state index in [4.69, 9.17) is 0 Å². The number of nitrogens with zero attached hydrogens (tertiary/aromatic N) is 2. The predicted octanol–water partition coefficient (Wildman–Crippen LogP) is 1.20. The Bertz CT molecular complexity index is 263. The van der Waals surface area contributed by atoms with Crippen LogP contribution in [0.25, 0.3) is 0 Å². The van der Waals surface area contributed by atoms with Crippen LogP contribution in [0.5, 0.6) is 0 Å². The molecule has 0 aliphatic rings. The second-order valence-electron chi connectivity index (χ2n) is 2.20. The number of carbonyl (C=O) groups excluding carboxylic acids is 1. The van der Waals surface area contributed by atoms with E-state index in [1.165, 1.54) is 12.4 Å². The minimum Gasteiger partial charge on any atom is -0.308 e. The monoisotopic (exact) mass is 229 g/mol.